The van der Waals surface area contributed by atoms with Gasteiger partial charge in [-0.3, -0.25) is 0 Å². The molecule has 0 bridgehead atoms. The largest absolute Gasteiger partial charge is 0.330 e. The molecule has 0 aliphatic carbocycles. The zero-order valence-corrected chi connectivity index (χ0v) is 12.8. The Kier molecular flexibility index (Phi) is 24.1. The third-order valence-electron chi connectivity index (χ3n) is 3.01. The lowest BCUT2D eigenvalue weighted by Crippen LogP contribution is -1.97. The van der Waals surface area contributed by atoms with Gasteiger partial charge in [-0.25, -0.2) is 0 Å². The highest BCUT2D eigenvalue weighted by Crippen LogP contribution is 2.03. The lowest BCUT2D eigenvalue weighted by atomic mass is 10.1. The van der Waals surface area contributed by atoms with E-state index in [-0.39, 0.29) is 0 Å². The van der Waals surface area contributed by atoms with E-state index in [0.29, 0.717) is 0 Å². The monoisotopic (exact) mass is 243 g/mol. The van der Waals surface area contributed by atoms with Gasteiger partial charge >= 0.3 is 0 Å². The van der Waals surface area contributed by atoms with Crippen molar-refractivity contribution in [3.05, 3.63) is 0 Å². The SMILES string of the molecule is CCCCCCCC.CCCCCCCCN. The normalized spacial score (nSPS) is 9.88. The summed E-state index contributed by atoms with van der Waals surface area (Å²) in [4.78, 5) is 0. The summed E-state index contributed by atoms with van der Waals surface area (Å²) < 4.78 is 0. The predicted octanol–water partition coefficient (Wildman–Crippen LogP) is 5.67. The van der Waals surface area contributed by atoms with Crippen LogP contribution in [0.3, 0.4) is 0 Å². The fourth-order valence-electron chi connectivity index (χ4n) is 1.78. The third-order valence-corrected chi connectivity index (χ3v) is 3.01. The van der Waals surface area contributed by atoms with E-state index < -0.39 is 0 Å². The molecule has 0 radical (unpaired) electrons. The quantitative estimate of drug-likeness (QED) is 0.465. The smallest absolute Gasteiger partial charge is 0.00773 e. The summed E-state index contributed by atoms with van der Waals surface area (Å²) in [5.41, 5.74) is 5.34. The first-order valence-corrected chi connectivity index (χ1v) is 8.03. The Hall–Kier alpha value is -0.0400. The first-order valence-electron chi connectivity index (χ1n) is 8.03. The average molecular weight is 243 g/mol. The van der Waals surface area contributed by atoms with Gasteiger partial charge in [-0.05, 0) is 13.0 Å². The van der Waals surface area contributed by atoms with E-state index in [0.717, 1.165) is 6.54 Å². The van der Waals surface area contributed by atoms with Crippen molar-refractivity contribution in [1.82, 2.24) is 0 Å². The molecular formula is C16H37N. The fraction of sp³-hybridized carbons (Fsp3) is 1.00. The van der Waals surface area contributed by atoms with Gasteiger partial charge in [0, 0.05) is 0 Å². The van der Waals surface area contributed by atoms with Crippen molar-refractivity contribution in [3.63, 3.8) is 0 Å². The topological polar surface area (TPSA) is 26.0 Å². The Bertz CT molecular complexity index is 89.7. The van der Waals surface area contributed by atoms with Gasteiger partial charge in [0.2, 0.25) is 0 Å². The van der Waals surface area contributed by atoms with Crippen molar-refractivity contribution >= 4 is 0 Å². The van der Waals surface area contributed by atoms with Gasteiger partial charge < -0.3 is 5.73 Å². The van der Waals surface area contributed by atoms with Gasteiger partial charge in [0.05, 0.1) is 0 Å². The third kappa shape index (κ3) is 25.9. The first kappa shape index (κ1) is 19.3. The van der Waals surface area contributed by atoms with Crippen molar-refractivity contribution < 1.29 is 0 Å². The van der Waals surface area contributed by atoms with Crippen LogP contribution in [0.15, 0.2) is 0 Å². The number of hydrogen-bond donors (Lipinski definition) is 1. The van der Waals surface area contributed by atoms with E-state index in [1.807, 2.05) is 0 Å². The molecule has 0 atom stereocenters. The molecule has 0 aromatic carbocycles. The summed E-state index contributed by atoms with van der Waals surface area (Å²) in [5, 5.41) is 0. The number of nitrogens with two attached hydrogens (primary N) is 1. The van der Waals surface area contributed by atoms with E-state index in [1.165, 1.54) is 77.0 Å². The molecule has 2 N–H and O–H groups in total. The van der Waals surface area contributed by atoms with Gasteiger partial charge in [0.25, 0.3) is 0 Å². The highest BCUT2D eigenvalue weighted by molar-refractivity contribution is 4.43. The predicted molar refractivity (Wildman–Crippen MR) is 81.5 cm³/mol. The lowest BCUT2D eigenvalue weighted by molar-refractivity contribution is 0.612. The standard InChI is InChI=1S/C8H19N.C8H18/c1-2-3-4-5-6-7-8-9;1-3-5-7-8-6-4-2/h2-9H2,1H3;3-8H2,1-2H3. The highest BCUT2D eigenvalue weighted by atomic mass is 14.5. The van der Waals surface area contributed by atoms with Crippen LogP contribution in [-0.4, -0.2) is 6.54 Å². The van der Waals surface area contributed by atoms with Crippen LogP contribution in [0.25, 0.3) is 0 Å². The number of hydrogen-bond acceptors (Lipinski definition) is 1. The van der Waals surface area contributed by atoms with E-state index in [4.69, 9.17) is 5.73 Å². The van der Waals surface area contributed by atoms with Crippen LogP contribution in [0.1, 0.15) is 97.8 Å². The minimum Gasteiger partial charge on any atom is -0.330 e. The molecule has 0 aliphatic heterocycles. The number of unbranched alkanes of at least 4 members (excludes halogenated alkanes) is 10. The maximum absolute atomic E-state index is 5.34. The van der Waals surface area contributed by atoms with Gasteiger partial charge in [0.1, 0.15) is 0 Å². The van der Waals surface area contributed by atoms with Crippen LogP contribution < -0.4 is 5.73 Å². The summed E-state index contributed by atoms with van der Waals surface area (Å²) in [6.45, 7) is 7.62. The molecule has 17 heavy (non-hydrogen) atoms. The van der Waals surface area contributed by atoms with E-state index in [9.17, 15) is 0 Å². The summed E-state index contributed by atoms with van der Waals surface area (Å²) >= 11 is 0. The minimum absolute atomic E-state index is 0.867. The molecule has 0 rings (SSSR count). The van der Waals surface area contributed by atoms with E-state index >= 15 is 0 Å². The van der Waals surface area contributed by atoms with Crippen LogP contribution in [-0.2, 0) is 0 Å². The van der Waals surface area contributed by atoms with Crippen LogP contribution in [0.2, 0.25) is 0 Å². The minimum atomic E-state index is 0.867. The van der Waals surface area contributed by atoms with Gasteiger partial charge in [-0.2, -0.15) is 0 Å². The van der Waals surface area contributed by atoms with Crippen molar-refractivity contribution in [2.45, 2.75) is 97.8 Å². The summed E-state index contributed by atoms with van der Waals surface area (Å²) in [6.07, 6.45) is 16.5. The zero-order valence-electron chi connectivity index (χ0n) is 12.8. The number of rotatable bonds is 11. The molecule has 0 aliphatic rings. The first-order chi connectivity index (χ1) is 8.33. The molecule has 0 saturated heterocycles. The lowest BCUT2D eigenvalue weighted by Gasteiger charge is -1.96. The zero-order chi connectivity index (χ0) is 13.2. The molecule has 0 aromatic heterocycles. The molecule has 0 fully saturated rings. The van der Waals surface area contributed by atoms with Crippen LogP contribution in [0.5, 0.6) is 0 Å². The molecule has 0 spiro atoms. The molecule has 1 nitrogen and oxygen atoms in total. The summed E-state index contributed by atoms with van der Waals surface area (Å²) in [7, 11) is 0. The van der Waals surface area contributed by atoms with E-state index in [1.54, 1.807) is 0 Å². The summed E-state index contributed by atoms with van der Waals surface area (Å²) in [6, 6.07) is 0. The molecule has 0 saturated carbocycles. The molecule has 106 valence electrons. The molecule has 1 heteroatoms. The Balaban J connectivity index is 0. The Morgan fingerprint density at radius 2 is 0.765 bits per heavy atom. The maximum Gasteiger partial charge on any atom is -0.00773 e. The van der Waals surface area contributed by atoms with Gasteiger partial charge in [0.15, 0.2) is 0 Å². The fourth-order valence-corrected chi connectivity index (χ4v) is 1.78. The second-order valence-corrected chi connectivity index (χ2v) is 4.97. The van der Waals surface area contributed by atoms with Crippen molar-refractivity contribution in [2.24, 2.45) is 5.73 Å². The van der Waals surface area contributed by atoms with Crippen LogP contribution >= 0.6 is 0 Å². The van der Waals surface area contributed by atoms with Crippen LogP contribution in [0.4, 0.5) is 0 Å². The van der Waals surface area contributed by atoms with Gasteiger partial charge in [-0.1, -0.05) is 91.4 Å². The van der Waals surface area contributed by atoms with Crippen molar-refractivity contribution in [2.75, 3.05) is 6.54 Å². The molecule has 0 unspecified atom stereocenters. The highest BCUT2D eigenvalue weighted by Gasteiger charge is 1.86. The molecule has 0 amide bonds. The van der Waals surface area contributed by atoms with Gasteiger partial charge in [-0.15, -0.1) is 0 Å². The Morgan fingerprint density at radius 1 is 0.471 bits per heavy atom. The Labute approximate surface area is 111 Å². The molecular weight excluding hydrogens is 206 g/mol. The second kappa shape index (κ2) is 21.3. The van der Waals surface area contributed by atoms with E-state index in [2.05, 4.69) is 20.8 Å². The Morgan fingerprint density at radius 3 is 1.06 bits per heavy atom. The summed E-state index contributed by atoms with van der Waals surface area (Å²) in [5.74, 6) is 0. The van der Waals surface area contributed by atoms with Crippen molar-refractivity contribution in [3.8, 4) is 0 Å². The van der Waals surface area contributed by atoms with Crippen LogP contribution in [0, 0.1) is 0 Å². The second-order valence-electron chi connectivity index (χ2n) is 4.97. The molecule has 0 heterocycles. The van der Waals surface area contributed by atoms with Crippen molar-refractivity contribution in [1.29, 1.82) is 0 Å². The maximum atomic E-state index is 5.34. The molecule has 0 aromatic rings. The average Bonchev–Trinajstić information content (AvgIpc) is 2.36.